The zero-order chi connectivity index (χ0) is 11.1. The van der Waals surface area contributed by atoms with Crippen molar-refractivity contribution in [3.05, 3.63) is 35.4 Å². The third-order valence-electron chi connectivity index (χ3n) is 2.28. The molecule has 2 nitrogen and oxygen atoms in total. The Morgan fingerprint density at radius 2 is 1.93 bits per heavy atom. The van der Waals surface area contributed by atoms with E-state index in [1.165, 1.54) is 5.56 Å². The van der Waals surface area contributed by atoms with Crippen LogP contribution in [0.1, 0.15) is 24.5 Å². The van der Waals surface area contributed by atoms with Gasteiger partial charge >= 0.3 is 0 Å². The highest BCUT2D eigenvalue weighted by molar-refractivity contribution is 5.21. The van der Waals surface area contributed by atoms with E-state index in [9.17, 15) is 0 Å². The van der Waals surface area contributed by atoms with Crippen LogP contribution in [-0.4, -0.2) is 11.1 Å². The molecule has 1 aromatic rings. The van der Waals surface area contributed by atoms with Gasteiger partial charge in [0, 0.05) is 19.0 Å². The molecule has 0 amide bonds. The normalized spacial score (nSPS) is 12.1. The standard InChI is InChI=1S/C13H17NO/c1-3-4-11(2)14-9-12-5-7-13(10-15)8-6-12/h1,5-8,11,14-15H,4,9-10H2,2H3. The number of aliphatic hydroxyl groups is 1. The smallest absolute Gasteiger partial charge is 0.0681 e. The fraction of sp³-hybridized carbons (Fsp3) is 0.385. The largest absolute Gasteiger partial charge is 0.392 e. The number of terminal acetylenes is 1. The maximum atomic E-state index is 8.88. The van der Waals surface area contributed by atoms with Crippen molar-refractivity contribution in [2.75, 3.05) is 0 Å². The molecule has 2 heteroatoms. The lowest BCUT2D eigenvalue weighted by molar-refractivity contribution is 0.282. The average Bonchev–Trinajstić information content (AvgIpc) is 2.27. The van der Waals surface area contributed by atoms with Crippen molar-refractivity contribution >= 4 is 0 Å². The first-order valence-corrected chi connectivity index (χ1v) is 5.11. The zero-order valence-corrected chi connectivity index (χ0v) is 9.03. The maximum absolute atomic E-state index is 8.88. The molecule has 15 heavy (non-hydrogen) atoms. The van der Waals surface area contributed by atoms with Crippen LogP contribution >= 0.6 is 0 Å². The molecule has 0 bridgehead atoms. The van der Waals surface area contributed by atoms with E-state index in [1.54, 1.807) is 0 Å². The molecule has 0 aliphatic carbocycles. The quantitative estimate of drug-likeness (QED) is 0.714. The van der Waals surface area contributed by atoms with Crippen LogP contribution in [0.4, 0.5) is 0 Å². The summed E-state index contributed by atoms with van der Waals surface area (Å²) in [5.41, 5.74) is 2.14. The van der Waals surface area contributed by atoms with E-state index < -0.39 is 0 Å². The van der Waals surface area contributed by atoms with E-state index in [0.717, 1.165) is 18.5 Å². The lowest BCUT2D eigenvalue weighted by Crippen LogP contribution is -2.24. The van der Waals surface area contributed by atoms with E-state index >= 15 is 0 Å². The Morgan fingerprint density at radius 1 is 1.33 bits per heavy atom. The van der Waals surface area contributed by atoms with Gasteiger partial charge in [0.05, 0.1) is 6.61 Å². The molecule has 80 valence electrons. The van der Waals surface area contributed by atoms with Crippen LogP contribution < -0.4 is 5.32 Å². The van der Waals surface area contributed by atoms with Gasteiger partial charge in [0.25, 0.3) is 0 Å². The summed E-state index contributed by atoms with van der Waals surface area (Å²) in [6.45, 7) is 2.98. The van der Waals surface area contributed by atoms with Crippen LogP contribution in [-0.2, 0) is 13.2 Å². The topological polar surface area (TPSA) is 32.3 Å². The highest BCUT2D eigenvalue weighted by Gasteiger charge is 1.99. The Kier molecular flexibility index (Phi) is 4.89. The molecule has 0 saturated carbocycles. The molecule has 0 aromatic heterocycles. The first-order valence-electron chi connectivity index (χ1n) is 5.11. The molecule has 1 unspecified atom stereocenters. The summed E-state index contributed by atoms with van der Waals surface area (Å²) >= 11 is 0. The monoisotopic (exact) mass is 203 g/mol. The predicted molar refractivity (Wildman–Crippen MR) is 62.1 cm³/mol. The van der Waals surface area contributed by atoms with Crippen LogP contribution in [0.15, 0.2) is 24.3 Å². The summed E-state index contributed by atoms with van der Waals surface area (Å²) in [6.07, 6.45) is 5.96. The number of benzene rings is 1. The lowest BCUT2D eigenvalue weighted by atomic mass is 10.1. The van der Waals surface area contributed by atoms with Crippen LogP contribution in [0.25, 0.3) is 0 Å². The summed E-state index contributed by atoms with van der Waals surface area (Å²) in [4.78, 5) is 0. The minimum Gasteiger partial charge on any atom is -0.392 e. The van der Waals surface area contributed by atoms with Crippen LogP contribution in [0.5, 0.6) is 0 Å². The van der Waals surface area contributed by atoms with Gasteiger partial charge in [-0.25, -0.2) is 0 Å². The first-order chi connectivity index (χ1) is 7.26. The molecular formula is C13H17NO. The van der Waals surface area contributed by atoms with Crippen LogP contribution in [0, 0.1) is 12.3 Å². The van der Waals surface area contributed by atoms with E-state index in [0.29, 0.717) is 6.04 Å². The van der Waals surface area contributed by atoms with E-state index in [4.69, 9.17) is 11.5 Å². The molecule has 1 atom stereocenters. The minimum absolute atomic E-state index is 0.0984. The van der Waals surface area contributed by atoms with E-state index in [1.807, 2.05) is 24.3 Å². The minimum atomic E-state index is 0.0984. The van der Waals surface area contributed by atoms with Gasteiger partial charge in [-0.1, -0.05) is 24.3 Å². The van der Waals surface area contributed by atoms with Crippen molar-refractivity contribution in [2.24, 2.45) is 0 Å². The van der Waals surface area contributed by atoms with Crippen LogP contribution in [0.2, 0.25) is 0 Å². The van der Waals surface area contributed by atoms with Gasteiger partial charge in [-0.05, 0) is 18.1 Å². The van der Waals surface area contributed by atoms with E-state index in [2.05, 4.69) is 18.2 Å². The third kappa shape index (κ3) is 4.16. The second-order valence-electron chi connectivity index (χ2n) is 3.66. The summed E-state index contributed by atoms with van der Waals surface area (Å²) in [6, 6.07) is 8.24. The van der Waals surface area contributed by atoms with Gasteiger partial charge < -0.3 is 10.4 Å². The van der Waals surface area contributed by atoms with Crippen molar-refractivity contribution in [3.8, 4) is 12.3 Å². The van der Waals surface area contributed by atoms with Gasteiger partial charge in [0.15, 0.2) is 0 Å². The van der Waals surface area contributed by atoms with Crippen molar-refractivity contribution in [3.63, 3.8) is 0 Å². The molecule has 1 aromatic carbocycles. The molecule has 0 radical (unpaired) electrons. The van der Waals surface area contributed by atoms with Crippen LogP contribution in [0.3, 0.4) is 0 Å². The third-order valence-corrected chi connectivity index (χ3v) is 2.28. The highest BCUT2D eigenvalue weighted by atomic mass is 16.3. The summed E-state index contributed by atoms with van der Waals surface area (Å²) in [7, 11) is 0. The van der Waals surface area contributed by atoms with Crippen molar-refractivity contribution in [1.29, 1.82) is 0 Å². The average molecular weight is 203 g/mol. The first kappa shape index (κ1) is 11.8. The molecule has 0 saturated heterocycles. The highest BCUT2D eigenvalue weighted by Crippen LogP contribution is 2.04. The van der Waals surface area contributed by atoms with Gasteiger partial charge in [0.2, 0.25) is 0 Å². The Hall–Kier alpha value is -1.30. The predicted octanol–water partition coefficient (Wildman–Crippen LogP) is 1.68. The number of aliphatic hydroxyl groups excluding tert-OH is 1. The molecule has 0 aliphatic heterocycles. The van der Waals surface area contributed by atoms with E-state index in [-0.39, 0.29) is 6.61 Å². The van der Waals surface area contributed by atoms with Gasteiger partial charge in [-0.3, -0.25) is 0 Å². The lowest BCUT2D eigenvalue weighted by Gasteiger charge is -2.10. The van der Waals surface area contributed by atoms with Gasteiger partial charge in [0.1, 0.15) is 0 Å². The molecule has 1 rings (SSSR count). The Labute approximate surface area is 91.3 Å². The Morgan fingerprint density at radius 3 is 2.47 bits per heavy atom. The number of rotatable bonds is 5. The number of hydrogen-bond acceptors (Lipinski definition) is 2. The van der Waals surface area contributed by atoms with Gasteiger partial charge in [-0.2, -0.15) is 0 Å². The summed E-state index contributed by atoms with van der Waals surface area (Å²) in [5, 5.41) is 12.2. The maximum Gasteiger partial charge on any atom is 0.0681 e. The second kappa shape index (κ2) is 6.23. The molecule has 0 aliphatic rings. The van der Waals surface area contributed by atoms with Gasteiger partial charge in [-0.15, -0.1) is 12.3 Å². The molecule has 2 N–H and O–H groups in total. The SMILES string of the molecule is C#CCC(C)NCc1ccc(CO)cc1. The molecule has 0 heterocycles. The zero-order valence-electron chi connectivity index (χ0n) is 9.03. The molecule has 0 spiro atoms. The summed E-state index contributed by atoms with van der Waals surface area (Å²) < 4.78 is 0. The Bertz CT molecular complexity index is 323. The van der Waals surface area contributed by atoms with Crippen molar-refractivity contribution < 1.29 is 5.11 Å². The number of nitrogens with one attached hydrogen (secondary N) is 1. The fourth-order valence-electron chi connectivity index (χ4n) is 1.30. The number of hydrogen-bond donors (Lipinski definition) is 2. The summed E-state index contributed by atoms with van der Waals surface area (Å²) in [5.74, 6) is 2.63. The molecular weight excluding hydrogens is 186 g/mol. The second-order valence-corrected chi connectivity index (χ2v) is 3.66. The fourth-order valence-corrected chi connectivity index (χ4v) is 1.30. The molecule has 0 fully saturated rings. The Balaban J connectivity index is 2.41. The van der Waals surface area contributed by atoms with Crippen molar-refractivity contribution in [2.45, 2.75) is 32.5 Å². The van der Waals surface area contributed by atoms with Crippen molar-refractivity contribution in [1.82, 2.24) is 5.32 Å².